The van der Waals surface area contributed by atoms with Crippen molar-refractivity contribution in [1.29, 1.82) is 0 Å². The molecular formula is C12H9F3N6O2. The van der Waals surface area contributed by atoms with Crippen LogP contribution in [0.15, 0.2) is 30.9 Å². The van der Waals surface area contributed by atoms with E-state index in [4.69, 9.17) is 4.74 Å². The molecular weight excluding hydrogens is 317 g/mol. The number of anilines is 1. The third-order valence-electron chi connectivity index (χ3n) is 2.90. The summed E-state index contributed by atoms with van der Waals surface area (Å²) in [5, 5.41) is 5.48. The molecule has 8 nitrogen and oxygen atoms in total. The van der Waals surface area contributed by atoms with Crippen molar-refractivity contribution >= 4 is 17.5 Å². The summed E-state index contributed by atoms with van der Waals surface area (Å²) in [6.07, 6.45) is -0.401. The number of carbonyl (C=O) groups excluding carboxylic acids is 1. The summed E-state index contributed by atoms with van der Waals surface area (Å²) in [4.78, 5) is 18.8. The molecule has 0 saturated heterocycles. The second-order valence-electron chi connectivity index (χ2n) is 4.35. The van der Waals surface area contributed by atoms with E-state index in [0.717, 1.165) is 0 Å². The minimum atomic E-state index is -5.03. The van der Waals surface area contributed by atoms with E-state index in [-0.39, 0.29) is 11.4 Å². The molecule has 11 heteroatoms. The van der Waals surface area contributed by atoms with Gasteiger partial charge in [-0.1, -0.05) is 0 Å². The van der Waals surface area contributed by atoms with E-state index in [0.29, 0.717) is 5.82 Å². The monoisotopic (exact) mass is 326 g/mol. The van der Waals surface area contributed by atoms with Gasteiger partial charge in [-0.25, -0.2) is 4.98 Å². The van der Waals surface area contributed by atoms with Gasteiger partial charge in [0.25, 0.3) is 0 Å². The molecule has 3 rings (SSSR count). The Morgan fingerprint density at radius 1 is 1.35 bits per heavy atom. The molecule has 3 heterocycles. The summed E-state index contributed by atoms with van der Waals surface area (Å²) in [6.45, 7) is 0. The van der Waals surface area contributed by atoms with Crippen LogP contribution in [0.5, 0.6) is 5.75 Å². The zero-order valence-corrected chi connectivity index (χ0v) is 11.6. The van der Waals surface area contributed by atoms with Gasteiger partial charge < -0.3 is 4.74 Å². The molecule has 0 aliphatic heterocycles. The van der Waals surface area contributed by atoms with Crippen LogP contribution in [0.1, 0.15) is 0 Å². The van der Waals surface area contributed by atoms with Gasteiger partial charge in [0.05, 0.1) is 7.11 Å². The second kappa shape index (κ2) is 5.26. The first-order chi connectivity index (χ1) is 10.9. The Morgan fingerprint density at radius 2 is 2.13 bits per heavy atom. The van der Waals surface area contributed by atoms with Gasteiger partial charge >= 0.3 is 12.1 Å². The Balaban J connectivity index is 2.10. The van der Waals surface area contributed by atoms with Crippen molar-refractivity contribution in [2.24, 2.45) is 0 Å². The van der Waals surface area contributed by atoms with Crippen LogP contribution < -0.4 is 10.1 Å². The molecule has 120 valence electrons. The Labute approximate surface area is 126 Å². The number of carbonyl (C=O) groups is 1. The minimum absolute atomic E-state index is 0.149. The van der Waals surface area contributed by atoms with Crippen LogP contribution in [0, 0.1) is 0 Å². The van der Waals surface area contributed by atoms with Crippen LogP contribution in [0.25, 0.3) is 11.5 Å². The number of alkyl halides is 3. The minimum Gasteiger partial charge on any atom is -0.493 e. The van der Waals surface area contributed by atoms with E-state index in [1.807, 2.05) is 0 Å². The molecule has 0 aromatic carbocycles. The molecule has 3 aromatic heterocycles. The fourth-order valence-electron chi connectivity index (χ4n) is 1.90. The van der Waals surface area contributed by atoms with Gasteiger partial charge in [0, 0.05) is 12.4 Å². The molecule has 3 aromatic rings. The third kappa shape index (κ3) is 2.67. The van der Waals surface area contributed by atoms with E-state index in [1.165, 1.54) is 24.1 Å². The number of methoxy groups -OCH3 is 1. The highest BCUT2D eigenvalue weighted by Gasteiger charge is 2.39. The van der Waals surface area contributed by atoms with Gasteiger partial charge in [-0.2, -0.15) is 22.7 Å². The summed E-state index contributed by atoms with van der Waals surface area (Å²) in [7, 11) is 1.38. The summed E-state index contributed by atoms with van der Waals surface area (Å²) in [5.41, 5.74) is 0.149. The first-order valence-electron chi connectivity index (χ1n) is 6.20. The van der Waals surface area contributed by atoms with E-state index in [2.05, 4.69) is 15.1 Å². The summed E-state index contributed by atoms with van der Waals surface area (Å²) >= 11 is 0. The highest BCUT2D eigenvalue weighted by molar-refractivity contribution is 5.93. The first-order valence-corrected chi connectivity index (χ1v) is 6.20. The Morgan fingerprint density at radius 3 is 2.74 bits per heavy atom. The highest BCUT2D eigenvalue weighted by atomic mass is 19.4. The van der Waals surface area contributed by atoms with E-state index in [9.17, 15) is 18.0 Å². The van der Waals surface area contributed by atoms with Gasteiger partial charge in [-0.3, -0.25) is 14.7 Å². The summed E-state index contributed by atoms with van der Waals surface area (Å²) < 4.78 is 44.9. The molecule has 0 bridgehead atoms. The Kier molecular flexibility index (Phi) is 3.39. The second-order valence-corrected chi connectivity index (χ2v) is 4.35. The van der Waals surface area contributed by atoms with E-state index in [1.54, 1.807) is 28.2 Å². The molecule has 0 aliphatic carbocycles. The normalized spacial score (nSPS) is 11.7. The molecule has 0 unspecified atom stereocenters. The zero-order valence-electron chi connectivity index (χ0n) is 11.6. The van der Waals surface area contributed by atoms with Crippen molar-refractivity contribution in [2.75, 3.05) is 12.4 Å². The number of imidazole rings is 1. The van der Waals surface area contributed by atoms with Gasteiger partial charge in [0.15, 0.2) is 5.75 Å². The van der Waals surface area contributed by atoms with Crippen LogP contribution in [-0.2, 0) is 4.79 Å². The lowest BCUT2D eigenvalue weighted by atomic mass is 10.4. The first kappa shape index (κ1) is 14.8. The van der Waals surface area contributed by atoms with Crippen molar-refractivity contribution in [2.45, 2.75) is 6.18 Å². The largest absolute Gasteiger partial charge is 0.493 e. The third-order valence-corrected chi connectivity index (χ3v) is 2.90. The number of aromatic nitrogens is 5. The fourth-order valence-corrected chi connectivity index (χ4v) is 1.90. The number of halogens is 3. The fraction of sp³-hybridized carbons (Fsp3) is 0.167. The molecule has 1 amide bonds. The van der Waals surface area contributed by atoms with Crippen LogP contribution >= 0.6 is 0 Å². The number of ether oxygens (including phenoxy) is 1. The maximum atomic E-state index is 12.3. The quantitative estimate of drug-likeness (QED) is 0.787. The topological polar surface area (TPSA) is 86.3 Å². The molecule has 0 spiro atoms. The van der Waals surface area contributed by atoms with Gasteiger partial charge in [0.2, 0.25) is 11.6 Å². The molecule has 0 fully saturated rings. The molecule has 0 radical (unpaired) electrons. The predicted molar refractivity (Wildman–Crippen MR) is 71.3 cm³/mol. The Hall–Kier alpha value is -3.11. The van der Waals surface area contributed by atoms with Crippen molar-refractivity contribution < 1.29 is 22.7 Å². The number of pyridine rings is 1. The maximum absolute atomic E-state index is 12.3. The lowest BCUT2D eigenvalue weighted by Crippen LogP contribution is -2.30. The number of rotatable bonds is 3. The number of fused-ring (bicyclic) bond motifs is 1. The number of nitrogens with one attached hydrogen (secondary N) is 1. The van der Waals surface area contributed by atoms with E-state index < -0.39 is 18.0 Å². The standard InChI is InChI=1S/C12H9F3N6O2/c1-23-7-2-3-8(20-5-4-16-6-20)21-9(7)17-11(19-21)18-10(22)12(13,14)15/h2-6H,1H3,(H,18,19,22). The van der Waals surface area contributed by atoms with Gasteiger partial charge in [-0.05, 0) is 12.1 Å². The van der Waals surface area contributed by atoms with Crippen molar-refractivity contribution in [3.8, 4) is 11.6 Å². The molecule has 0 saturated carbocycles. The van der Waals surface area contributed by atoms with Crippen LogP contribution in [0.2, 0.25) is 0 Å². The van der Waals surface area contributed by atoms with Crippen LogP contribution in [-0.4, -0.2) is 43.3 Å². The SMILES string of the molecule is COc1ccc(-n2ccnc2)n2nc(NC(=O)C(F)(F)F)nc12. The number of nitrogens with zero attached hydrogens (tertiary/aromatic N) is 5. The van der Waals surface area contributed by atoms with Crippen molar-refractivity contribution in [3.05, 3.63) is 30.9 Å². The lowest BCUT2D eigenvalue weighted by molar-refractivity contribution is -0.167. The molecule has 23 heavy (non-hydrogen) atoms. The van der Waals surface area contributed by atoms with Crippen molar-refractivity contribution in [3.63, 3.8) is 0 Å². The smallest absolute Gasteiger partial charge is 0.471 e. The molecule has 1 N–H and O–H groups in total. The van der Waals surface area contributed by atoms with Gasteiger partial charge in [0.1, 0.15) is 12.1 Å². The number of hydrogen-bond donors (Lipinski definition) is 1. The summed E-state index contributed by atoms with van der Waals surface area (Å²) in [5.74, 6) is -1.90. The molecule has 0 atom stereocenters. The molecule has 0 aliphatic rings. The van der Waals surface area contributed by atoms with Crippen LogP contribution in [0.3, 0.4) is 0 Å². The zero-order chi connectivity index (χ0) is 16.6. The van der Waals surface area contributed by atoms with Crippen molar-refractivity contribution in [1.82, 2.24) is 24.1 Å². The number of hydrogen-bond acceptors (Lipinski definition) is 5. The lowest BCUT2D eigenvalue weighted by Gasteiger charge is -2.07. The van der Waals surface area contributed by atoms with E-state index >= 15 is 0 Å². The highest BCUT2D eigenvalue weighted by Crippen LogP contribution is 2.23. The maximum Gasteiger partial charge on any atom is 0.471 e. The number of amides is 1. The van der Waals surface area contributed by atoms with Crippen LogP contribution in [0.4, 0.5) is 19.1 Å². The van der Waals surface area contributed by atoms with Gasteiger partial charge in [-0.15, -0.1) is 5.10 Å². The average Bonchev–Trinajstić information content (AvgIpc) is 3.14. The predicted octanol–water partition coefficient (Wildman–Crippen LogP) is 1.42. The Bertz CT molecular complexity index is 856. The average molecular weight is 326 g/mol. The summed E-state index contributed by atoms with van der Waals surface area (Å²) in [6, 6.07) is 3.20.